The van der Waals surface area contributed by atoms with Gasteiger partial charge < -0.3 is 39.8 Å². The van der Waals surface area contributed by atoms with Gasteiger partial charge in [0.15, 0.2) is 6.10 Å². The van der Waals surface area contributed by atoms with Gasteiger partial charge in [0.25, 0.3) is 5.91 Å². The molecule has 0 radical (unpaired) electrons. The van der Waals surface area contributed by atoms with Crippen molar-refractivity contribution in [2.75, 3.05) is 33.5 Å². The minimum Gasteiger partial charge on any atom is -0.461 e. The average molecular weight is 652 g/mol. The topological polar surface area (TPSA) is 183 Å². The van der Waals surface area contributed by atoms with E-state index in [9.17, 15) is 24.0 Å². The molecule has 4 rings (SSSR count). The van der Waals surface area contributed by atoms with E-state index >= 15 is 0 Å². The van der Waals surface area contributed by atoms with Gasteiger partial charge >= 0.3 is 12.1 Å². The van der Waals surface area contributed by atoms with Gasteiger partial charge in [0.05, 0.1) is 32.4 Å². The first-order valence-corrected chi connectivity index (χ1v) is 16.1. The molecular weight excluding hydrogens is 602 g/mol. The number of alkyl carbamates (subject to hydrolysis) is 1. The molecule has 4 amide bonds. The molecule has 15 nitrogen and oxygen atoms in total. The quantitative estimate of drug-likeness (QED) is 0.207. The normalized spacial score (nSPS) is 26.0. The van der Waals surface area contributed by atoms with E-state index < -0.39 is 65.2 Å². The Bertz CT molecular complexity index is 1180. The van der Waals surface area contributed by atoms with E-state index in [1.807, 2.05) is 6.92 Å². The number of methoxy groups -OCH3 is 1. The number of carbonyl (C=O) groups is 5. The number of amides is 4. The molecule has 4 aliphatic rings. The van der Waals surface area contributed by atoms with E-state index in [4.69, 9.17) is 23.8 Å². The van der Waals surface area contributed by atoms with Gasteiger partial charge in [-0.3, -0.25) is 24.7 Å². The van der Waals surface area contributed by atoms with Crippen molar-refractivity contribution in [2.24, 2.45) is 5.41 Å². The van der Waals surface area contributed by atoms with Crippen molar-refractivity contribution in [3.8, 4) is 0 Å². The van der Waals surface area contributed by atoms with Crippen LogP contribution in [0.2, 0.25) is 0 Å². The molecule has 46 heavy (non-hydrogen) atoms. The Kier molecular flexibility index (Phi) is 11.5. The Morgan fingerprint density at radius 1 is 1.13 bits per heavy atom. The lowest BCUT2D eigenvalue weighted by atomic mass is 9.85. The van der Waals surface area contributed by atoms with Crippen molar-refractivity contribution in [2.45, 2.75) is 115 Å². The summed E-state index contributed by atoms with van der Waals surface area (Å²) in [5.41, 5.74) is 0.626. The fourth-order valence-electron chi connectivity index (χ4n) is 5.91. The number of hydroxylamine groups is 1. The van der Waals surface area contributed by atoms with Crippen LogP contribution in [0, 0.1) is 5.41 Å². The third-order valence-corrected chi connectivity index (χ3v) is 8.47. The minimum atomic E-state index is -1.24. The van der Waals surface area contributed by atoms with Gasteiger partial charge in [-0.1, -0.05) is 34.1 Å². The second-order valence-electron chi connectivity index (χ2n) is 13.4. The molecule has 4 N–H and O–H groups in total. The van der Waals surface area contributed by atoms with E-state index in [-0.39, 0.29) is 43.8 Å². The molecule has 6 atom stereocenters. The first-order valence-electron chi connectivity index (χ1n) is 16.1. The first-order chi connectivity index (χ1) is 21.8. The van der Waals surface area contributed by atoms with Crippen LogP contribution in [0.5, 0.6) is 0 Å². The van der Waals surface area contributed by atoms with Crippen LogP contribution in [0.1, 0.15) is 73.1 Å². The smallest absolute Gasteiger partial charge is 0.408 e. The highest BCUT2D eigenvalue weighted by Crippen LogP contribution is 2.37. The molecule has 15 heteroatoms. The Morgan fingerprint density at radius 2 is 1.87 bits per heavy atom. The Hall–Kier alpha value is -3.43. The van der Waals surface area contributed by atoms with Crippen molar-refractivity contribution in [1.82, 2.24) is 26.3 Å². The van der Waals surface area contributed by atoms with Gasteiger partial charge in [-0.05, 0) is 37.7 Å². The van der Waals surface area contributed by atoms with E-state index in [0.29, 0.717) is 25.9 Å². The average Bonchev–Trinajstić information content (AvgIpc) is 3.34. The maximum atomic E-state index is 14.3. The number of nitrogens with zero attached hydrogens (tertiary/aromatic N) is 1. The molecule has 2 saturated heterocycles. The lowest BCUT2D eigenvalue weighted by Gasteiger charge is -2.36. The van der Waals surface area contributed by atoms with Crippen molar-refractivity contribution < 1.29 is 47.8 Å². The van der Waals surface area contributed by atoms with Crippen molar-refractivity contribution in [3.05, 3.63) is 11.8 Å². The third-order valence-electron chi connectivity index (χ3n) is 8.47. The summed E-state index contributed by atoms with van der Waals surface area (Å²) in [7, 11) is 1.42. The SMILES string of the molecule is CCC[C@H](NC(=O)[C@@H]1C[C@]2(C=C(C(=O)OCC)NO2)CN1C(=O)[C@@H](NC(=O)O[C@H]1CCOC1)C(C)(C)C)C(OC)C(=O)NC1CC1. The van der Waals surface area contributed by atoms with Gasteiger partial charge in [0.1, 0.15) is 29.5 Å². The van der Waals surface area contributed by atoms with Crippen LogP contribution in [-0.2, 0) is 43.0 Å². The number of hydrogen-bond acceptors (Lipinski definition) is 11. The molecule has 0 aromatic rings. The predicted octanol–water partition coefficient (Wildman–Crippen LogP) is 0.816. The van der Waals surface area contributed by atoms with E-state index in [0.717, 1.165) is 12.8 Å². The summed E-state index contributed by atoms with van der Waals surface area (Å²) in [5.74, 6) is -2.00. The summed E-state index contributed by atoms with van der Waals surface area (Å²) in [6.07, 6.45) is 2.83. The molecule has 0 aromatic heterocycles. The van der Waals surface area contributed by atoms with Crippen LogP contribution >= 0.6 is 0 Å². The summed E-state index contributed by atoms with van der Waals surface area (Å²) in [5, 5.41) is 8.61. The van der Waals surface area contributed by atoms with E-state index in [1.165, 1.54) is 18.1 Å². The maximum absolute atomic E-state index is 14.3. The zero-order valence-corrected chi connectivity index (χ0v) is 27.6. The molecular formula is C31H49N5O10. The third kappa shape index (κ3) is 8.68. The second-order valence-corrected chi connectivity index (χ2v) is 13.4. The number of ether oxygens (including phenoxy) is 4. The molecule has 1 spiro atoms. The molecule has 0 bridgehead atoms. The molecule has 258 valence electrons. The lowest BCUT2D eigenvalue weighted by Crippen LogP contribution is -2.60. The Balaban J connectivity index is 1.60. The fourth-order valence-corrected chi connectivity index (χ4v) is 5.91. The first kappa shape index (κ1) is 35.4. The van der Waals surface area contributed by atoms with Crippen LogP contribution < -0.4 is 21.4 Å². The number of nitrogens with one attached hydrogen (secondary N) is 4. The van der Waals surface area contributed by atoms with Crippen molar-refractivity contribution in [3.63, 3.8) is 0 Å². The molecule has 1 saturated carbocycles. The molecule has 3 aliphatic heterocycles. The number of likely N-dealkylation sites (tertiary alicyclic amines) is 1. The highest BCUT2D eigenvalue weighted by atomic mass is 16.7. The Morgan fingerprint density at radius 3 is 2.46 bits per heavy atom. The van der Waals surface area contributed by atoms with Gasteiger partial charge in [-0.25, -0.2) is 9.59 Å². The van der Waals surface area contributed by atoms with E-state index in [2.05, 4.69) is 21.4 Å². The highest BCUT2D eigenvalue weighted by Gasteiger charge is 2.54. The van der Waals surface area contributed by atoms with Crippen LogP contribution in [0.4, 0.5) is 4.79 Å². The number of hydrogen-bond donors (Lipinski definition) is 4. The Labute approximate surface area is 269 Å². The van der Waals surface area contributed by atoms with Crippen LogP contribution in [0.15, 0.2) is 11.8 Å². The second kappa shape index (κ2) is 15.0. The fraction of sp³-hybridized carbons (Fsp3) is 0.774. The van der Waals surface area contributed by atoms with Crippen molar-refractivity contribution in [1.29, 1.82) is 0 Å². The summed E-state index contributed by atoms with van der Waals surface area (Å²) in [6.45, 7) is 9.79. The lowest BCUT2D eigenvalue weighted by molar-refractivity contribution is -0.144. The van der Waals surface area contributed by atoms with Crippen LogP contribution in [0.25, 0.3) is 0 Å². The maximum Gasteiger partial charge on any atom is 0.408 e. The zero-order valence-electron chi connectivity index (χ0n) is 27.6. The van der Waals surface area contributed by atoms with Gasteiger partial charge in [0.2, 0.25) is 11.8 Å². The molecule has 0 aromatic carbocycles. The van der Waals surface area contributed by atoms with Gasteiger partial charge in [-0.2, -0.15) is 0 Å². The number of esters is 1. The van der Waals surface area contributed by atoms with E-state index in [1.54, 1.807) is 27.7 Å². The summed E-state index contributed by atoms with van der Waals surface area (Å²) in [4.78, 5) is 74.0. The standard InChI is InChI=1S/C31H49N5O10/c1-7-9-20(23(42-6)26(38)32-18-10-11-18)33-25(37)22-15-31(14-21(35-46-31)28(40)44-8-2)17-36(22)27(39)24(30(3,4)5)34-29(41)45-19-12-13-43-16-19/h14,18-20,22-24,35H,7-13,15-17H2,1-6H3,(H,32,38)(H,33,37)(H,34,41)/t19-,20-,22-,23?,24+,31+/m0/s1. The summed E-state index contributed by atoms with van der Waals surface area (Å²) < 4.78 is 21.4. The predicted molar refractivity (Wildman–Crippen MR) is 163 cm³/mol. The highest BCUT2D eigenvalue weighted by molar-refractivity contribution is 5.94. The number of rotatable bonds is 13. The zero-order chi connectivity index (χ0) is 33.6. The minimum absolute atomic E-state index is 0.00797. The van der Waals surface area contributed by atoms with Crippen LogP contribution in [0.3, 0.4) is 0 Å². The van der Waals surface area contributed by atoms with Crippen molar-refractivity contribution >= 4 is 29.8 Å². The largest absolute Gasteiger partial charge is 0.461 e. The van der Waals surface area contributed by atoms with Gasteiger partial charge in [0, 0.05) is 26.0 Å². The monoisotopic (exact) mass is 651 g/mol. The molecule has 1 unspecified atom stereocenters. The van der Waals surface area contributed by atoms with Gasteiger partial charge in [-0.15, -0.1) is 0 Å². The summed E-state index contributed by atoms with van der Waals surface area (Å²) in [6, 6.07) is -2.74. The molecule has 3 fully saturated rings. The number of carbonyl (C=O) groups excluding carboxylic acids is 5. The molecule has 3 heterocycles. The molecule has 1 aliphatic carbocycles. The summed E-state index contributed by atoms with van der Waals surface area (Å²) >= 11 is 0. The van der Waals surface area contributed by atoms with Crippen LogP contribution in [-0.4, -0.2) is 110 Å².